The summed E-state index contributed by atoms with van der Waals surface area (Å²) in [5.41, 5.74) is 1.19. The van der Waals surface area contributed by atoms with E-state index >= 15 is 0 Å². The molecule has 1 saturated heterocycles. The normalized spacial score (nSPS) is 17.9. The van der Waals surface area contributed by atoms with Gasteiger partial charge in [-0.25, -0.2) is 0 Å². The molecule has 1 fully saturated rings. The summed E-state index contributed by atoms with van der Waals surface area (Å²) < 4.78 is 4.71. The van der Waals surface area contributed by atoms with E-state index in [1.165, 1.54) is 0 Å². The third-order valence-corrected chi connectivity index (χ3v) is 2.20. The Morgan fingerprint density at radius 1 is 1.31 bits per heavy atom. The molecule has 1 heterocycles. The fourth-order valence-corrected chi connectivity index (χ4v) is 1.06. The SMILES string of the molecule is CC(C)(C)c1cccc([O-])c1.CC1CO1.[Na+]. The van der Waals surface area contributed by atoms with E-state index in [0.717, 1.165) is 12.2 Å². The molecule has 0 aromatic heterocycles. The second-order valence-electron chi connectivity index (χ2n) is 4.92. The minimum absolute atomic E-state index is 0. The van der Waals surface area contributed by atoms with Crippen LogP contribution >= 0.6 is 0 Å². The molecular weight excluding hydrogens is 211 g/mol. The Labute approximate surface area is 120 Å². The van der Waals surface area contributed by atoms with Gasteiger partial charge in [-0.2, -0.15) is 0 Å². The maximum Gasteiger partial charge on any atom is 1.00 e. The van der Waals surface area contributed by atoms with Crippen molar-refractivity contribution in [3.63, 3.8) is 0 Å². The number of ether oxygens (including phenoxy) is 1. The zero-order chi connectivity index (χ0) is 11.5. The first kappa shape index (κ1) is 16.0. The summed E-state index contributed by atoms with van der Waals surface area (Å²) in [5.74, 6) is 0.0948. The maximum atomic E-state index is 10.9. The van der Waals surface area contributed by atoms with Crippen LogP contribution in [0.2, 0.25) is 0 Å². The van der Waals surface area contributed by atoms with Gasteiger partial charge in [-0.1, -0.05) is 45.0 Å². The predicted molar refractivity (Wildman–Crippen MR) is 60.0 cm³/mol. The van der Waals surface area contributed by atoms with Crippen molar-refractivity contribution in [3.8, 4) is 5.75 Å². The molecule has 1 aliphatic rings. The van der Waals surface area contributed by atoms with Crippen molar-refractivity contribution < 1.29 is 39.4 Å². The fraction of sp³-hybridized carbons (Fsp3) is 0.538. The van der Waals surface area contributed by atoms with Crippen molar-refractivity contribution in [2.45, 2.75) is 39.2 Å². The van der Waals surface area contributed by atoms with Crippen LogP contribution in [0, 0.1) is 0 Å². The third kappa shape index (κ3) is 6.54. The smallest absolute Gasteiger partial charge is 0.872 e. The molecule has 1 atom stereocenters. The molecule has 3 heteroatoms. The first-order chi connectivity index (χ1) is 6.89. The summed E-state index contributed by atoms with van der Waals surface area (Å²) >= 11 is 0. The second kappa shape index (κ2) is 6.65. The van der Waals surface area contributed by atoms with E-state index < -0.39 is 0 Å². The van der Waals surface area contributed by atoms with Crippen LogP contribution in [-0.2, 0) is 10.2 Å². The summed E-state index contributed by atoms with van der Waals surface area (Å²) in [5, 5.41) is 10.9. The Balaban J connectivity index is 0.000000380. The molecule has 0 aliphatic carbocycles. The Kier molecular flexibility index (Phi) is 6.64. The molecule has 0 radical (unpaired) electrons. The van der Waals surface area contributed by atoms with Crippen molar-refractivity contribution in [2.75, 3.05) is 6.61 Å². The summed E-state index contributed by atoms with van der Waals surface area (Å²) in [6.07, 6.45) is 0.583. The Morgan fingerprint density at radius 3 is 2.06 bits per heavy atom. The van der Waals surface area contributed by atoms with Crippen LogP contribution in [0.15, 0.2) is 24.3 Å². The quantitative estimate of drug-likeness (QED) is 0.443. The second-order valence-corrected chi connectivity index (χ2v) is 4.92. The summed E-state index contributed by atoms with van der Waals surface area (Å²) in [6.45, 7) is 9.34. The molecule has 0 N–H and O–H groups in total. The van der Waals surface area contributed by atoms with Gasteiger partial charge in [0.1, 0.15) is 0 Å². The van der Waals surface area contributed by atoms with E-state index in [2.05, 4.69) is 27.7 Å². The van der Waals surface area contributed by atoms with E-state index in [9.17, 15) is 5.11 Å². The van der Waals surface area contributed by atoms with Crippen LogP contribution in [0.1, 0.15) is 33.3 Å². The molecule has 1 aromatic rings. The van der Waals surface area contributed by atoms with Crippen LogP contribution < -0.4 is 34.7 Å². The first-order valence-electron chi connectivity index (χ1n) is 5.29. The minimum atomic E-state index is 0. The molecule has 1 unspecified atom stereocenters. The molecule has 0 bridgehead atoms. The predicted octanol–water partition coefficient (Wildman–Crippen LogP) is -0.533. The zero-order valence-electron chi connectivity index (χ0n) is 10.9. The van der Waals surface area contributed by atoms with Crippen molar-refractivity contribution in [1.29, 1.82) is 0 Å². The topological polar surface area (TPSA) is 35.6 Å². The number of hydrogen-bond donors (Lipinski definition) is 0. The molecular formula is C13H19NaO2. The van der Waals surface area contributed by atoms with E-state index in [1.54, 1.807) is 12.1 Å². The van der Waals surface area contributed by atoms with Crippen molar-refractivity contribution in [2.24, 2.45) is 0 Å². The van der Waals surface area contributed by atoms with Gasteiger partial charge in [0.15, 0.2) is 0 Å². The molecule has 1 aromatic carbocycles. The van der Waals surface area contributed by atoms with Crippen LogP contribution in [-0.4, -0.2) is 12.7 Å². The number of rotatable bonds is 0. The average molecular weight is 230 g/mol. The van der Waals surface area contributed by atoms with Gasteiger partial charge < -0.3 is 9.84 Å². The fourth-order valence-electron chi connectivity index (χ4n) is 1.06. The Hall–Kier alpha value is -0.0200. The van der Waals surface area contributed by atoms with E-state index in [0.29, 0.717) is 6.10 Å². The molecule has 0 amide bonds. The van der Waals surface area contributed by atoms with Gasteiger partial charge in [0.2, 0.25) is 0 Å². The van der Waals surface area contributed by atoms with Gasteiger partial charge in [-0.05, 0) is 17.9 Å². The Bertz CT molecular complexity index is 314. The van der Waals surface area contributed by atoms with Gasteiger partial charge in [0, 0.05) is 0 Å². The number of epoxide rings is 1. The molecule has 84 valence electrons. The molecule has 2 nitrogen and oxygen atoms in total. The minimum Gasteiger partial charge on any atom is -0.872 e. The van der Waals surface area contributed by atoms with Crippen molar-refractivity contribution >= 4 is 0 Å². The standard InChI is InChI=1S/C10H14O.C3H6O.Na/c1-10(2,3)8-5-4-6-9(11)7-8;1-3-2-4-3;/h4-7,11H,1-3H3;3H,2H2,1H3;/q;;+1/p-1. The van der Waals surface area contributed by atoms with Crippen LogP contribution in [0.4, 0.5) is 0 Å². The summed E-state index contributed by atoms with van der Waals surface area (Å²) in [6, 6.07) is 7.07. The summed E-state index contributed by atoms with van der Waals surface area (Å²) in [7, 11) is 0. The van der Waals surface area contributed by atoms with E-state index in [4.69, 9.17) is 4.74 Å². The van der Waals surface area contributed by atoms with Gasteiger partial charge in [-0.3, -0.25) is 0 Å². The Morgan fingerprint density at radius 2 is 1.81 bits per heavy atom. The molecule has 2 rings (SSSR count). The average Bonchev–Trinajstić information content (AvgIpc) is 2.87. The van der Waals surface area contributed by atoms with Crippen molar-refractivity contribution in [3.05, 3.63) is 29.8 Å². The van der Waals surface area contributed by atoms with Crippen molar-refractivity contribution in [1.82, 2.24) is 0 Å². The molecule has 1 aliphatic heterocycles. The van der Waals surface area contributed by atoms with Gasteiger partial charge in [-0.15, -0.1) is 5.75 Å². The van der Waals surface area contributed by atoms with Gasteiger partial charge >= 0.3 is 29.6 Å². The third-order valence-electron chi connectivity index (χ3n) is 2.20. The van der Waals surface area contributed by atoms with Crippen LogP contribution in [0.5, 0.6) is 5.75 Å². The number of benzene rings is 1. The van der Waals surface area contributed by atoms with Crippen LogP contribution in [0.25, 0.3) is 0 Å². The summed E-state index contributed by atoms with van der Waals surface area (Å²) in [4.78, 5) is 0. The molecule has 0 saturated carbocycles. The molecule has 0 spiro atoms. The van der Waals surface area contributed by atoms with E-state index in [1.807, 2.05) is 12.1 Å². The largest absolute Gasteiger partial charge is 1.00 e. The van der Waals surface area contributed by atoms with Gasteiger partial charge in [0.05, 0.1) is 12.7 Å². The van der Waals surface area contributed by atoms with Gasteiger partial charge in [0.25, 0.3) is 0 Å². The maximum absolute atomic E-state index is 10.9. The van der Waals surface area contributed by atoms with Crippen LogP contribution in [0.3, 0.4) is 0 Å². The first-order valence-corrected chi connectivity index (χ1v) is 5.29. The monoisotopic (exact) mass is 230 g/mol. The molecule has 16 heavy (non-hydrogen) atoms. The zero-order valence-corrected chi connectivity index (χ0v) is 12.9. The number of hydrogen-bond acceptors (Lipinski definition) is 2. The van der Waals surface area contributed by atoms with E-state index in [-0.39, 0.29) is 40.7 Å².